The van der Waals surface area contributed by atoms with Gasteiger partial charge in [0, 0.05) is 37.2 Å². The van der Waals surface area contributed by atoms with Crippen LogP contribution < -0.4 is 10.2 Å². The van der Waals surface area contributed by atoms with Crippen LogP contribution in [0.2, 0.25) is 0 Å². The number of amides is 2. The van der Waals surface area contributed by atoms with E-state index in [0.717, 1.165) is 17.0 Å². The van der Waals surface area contributed by atoms with Crippen molar-refractivity contribution in [2.24, 2.45) is 5.10 Å². The lowest BCUT2D eigenvalue weighted by Crippen LogP contribution is -2.39. The largest absolute Gasteiger partial charge is 0.489 e. The normalized spacial score (nSPS) is 13.6. The molecule has 1 saturated heterocycles. The first-order chi connectivity index (χ1) is 14.2. The number of piperidine rings is 1. The maximum Gasteiger partial charge on any atom is 0.409 e. The van der Waals surface area contributed by atoms with Gasteiger partial charge in [-0.3, -0.25) is 4.79 Å². The molecule has 7 heteroatoms. The minimum Gasteiger partial charge on any atom is -0.489 e. The summed E-state index contributed by atoms with van der Waals surface area (Å²) in [6.45, 7) is 3.68. The van der Waals surface area contributed by atoms with Crippen molar-refractivity contribution in [2.75, 3.05) is 19.7 Å². The molecule has 3 rings (SSSR count). The Kier molecular flexibility index (Phi) is 7.22. The Morgan fingerprint density at radius 1 is 1.03 bits per heavy atom. The monoisotopic (exact) mass is 395 g/mol. The van der Waals surface area contributed by atoms with Crippen molar-refractivity contribution in [2.45, 2.75) is 26.4 Å². The summed E-state index contributed by atoms with van der Waals surface area (Å²) in [7, 11) is 0. The zero-order chi connectivity index (χ0) is 20.5. The molecule has 0 saturated carbocycles. The third-order valence-corrected chi connectivity index (χ3v) is 4.55. The third-order valence-electron chi connectivity index (χ3n) is 4.55. The van der Waals surface area contributed by atoms with Crippen LogP contribution in [-0.4, -0.2) is 42.3 Å². The molecule has 7 nitrogen and oxygen atoms in total. The SMILES string of the molecule is CCOC(=O)N1CCC(=NNC(=O)c2ccc(COc3ccccc3)cc2)CC1. The van der Waals surface area contributed by atoms with Gasteiger partial charge in [0.25, 0.3) is 5.91 Å². The van der Waals surface area contributed by atoms with Crippen LogP contribution in [0.5, 0.6) is 5.75 Å². The molecule has 1 heterocycles. The van der Waals surface area contributed by atoms with E-state index in [2.05, 4.69) is 10.5 Å². The molecule has 2 aromatic rings. The molecule has 0 bridgehead atoms. The summed E-state index contributed by atoms with van der Waals surface area (Å²) in [5.74, 6) is 0.542. The van der Waals surface area contributed by atoms with Gasteiger partial charge in [-0.05, 0) is 36.8 Å². The molecule has 0 spiro atoms. The van der Waals surface area contributed by atoms with Crippen molar-refractivity contribution >= 4 is 17.7 Å². The van der Waals surface area contributed by atoms with Gasteiger partial charge >= 0.3 is 6.09 Å². The molecule has 1 N–H and O–H groups in total. The fraction of sp³-hybridized carbons (Fsp3) is 0.318. The van der Waals surface area contributed by atoms with Gasteiger partial charge in [-0.1, -0.05) is 30.3 Å². The quantitative estimate of drug-likeness (QED) is 0.758. The second kappa shape index (κ2) is 10.3. The van der Waals surface area contributed by atoms with Crippen LogP contribution in [0, 0.1) is 0 Å². The molecule has 0 unspecified atom stereocenters. The molecule has 1 aliphatic heterocycles. The van der Waals surface area contributed by atoms with Crippen LogP contribution in [0.1, 0.15) is 35.7 Å². The Labute approximate surface area is 170 Å². The van der Waals surface area contributed by atoms with Crippen molar-refractivity contribution in [1.82, 2.24) is 10.3 Å². The number of benzene rings is 2. The number of rotatable bonds is 6. The average molecular weight is 395 g/mol. The Balaban J connectivity index is 1.46. The van der Waals surface area contributed by atoms with Crippen molar-refractivity contribution in [3.63, 3.8) is 0 Å². The fourth-order valence-corrected chi connectivity index (χ4v) is 2.90. The highest BCUT2D eigenvalue weighted by molar-refractivity contribution is 5.95. The van der Waals surface area contributed by atoms with Gasteiger partial charge < -0.3 is 14.4 Å². The molecular formula is C22H25N3O4. The molecule has 0 aromatic heterocycles. The number of hydrogen-bond donors (Lipinski definition) is 1. The second-order valence-electron chi connectivity index (χ2n) is 6.60. The topological polar surface area (TPSA) is 80.2 Å². The van der Waals surface area contributed by atoms with Crippen LogP contribution in [0.15, 0.2) is 59.7 Å². The molecule has 2 aromatic carbocycles. The second-order valence-corrected chi connectivity index (χ2v) is 6.60. The summed E-state index contributed by atoms with van der Waals surface area (Å²) in [5, 5.41) is 4.21. The summed E-state index contributed by atoms with van der Waals surface area (Å²) in [5.41, 5.74) is 4.97. The van der Waals surface area contributed by atoms with Gasteiger partial charge in [0.1, 0.15) is 12.4 Å². The first-order valence-corrected chi connectivity index (χ1v) is 9.70. The van der Waals surface area contributed by atoms with Crippen molar-refractivity contribution in [3.8, 4) is 5.75 Å². The molecule has 0 atom stereocenters. The smallest absolute Gasteiger partial charge is 0.409 e. The first kappa shape index (κ1) is 20.4. The lowest BCUT2D eigenvalue weighted by atomic mass is 10.1. The molecule has 0 radical (unpaired) electrons. The number of nitrogens with one attached hydrogen (secondary N) is 1. The number of carbonyl (C=O) groups is 2. The summed E-state index contributed by atoms with van der Waals surface area (Å²) >= 11 is 0. The highest BCUT2D eigenvalue weighted by Crippen LogP contribution is 2.13. The number of likely N-dealkylation sites (tertiary alicyclic amines) is 1. The van der Waals surface area contributed by atoms with Crippen LogP contribution in [0.3, 0.4) is 0 Å². The standard InChI is InChI=1S/C22H25N3O4/c1-2-28-22(27)25-14-12-19(13-15-25)23-24-21(26)18-10-8-17(9-11-18)16-29-20-6-4-3-5-7-20/h3-11H,2,12-16H2,1H3,(H,24,26). The molecule has 1 fully saturated rings. The third kappa shape index (κ3) is 6.07. The van der Waals surface area contributed by atoms with Gasteiger partial charge in [-0.2, -0.15) is 5.10 Å². The Hall–Kier alpha value is -3.35. The van der Waals surface area contributed by atoms with E-state index < -0.39 is 0 Å². The first-order valence-electron chi connectivity index (χ1n) is 9.70. The number of nitrogens with zero attached hydrogens (tertiary/aromatic N) is 2. The van der Waals surface area contributed by atoms with Crippen molar-refractivity contribution < 1.29 is 19.1 Å². The van der Waals surface area contributed by atoms with E-state index >= 15 is 0 Å². The van der Waals surface area contributed by atoms with E-state index in [-0.39, 0.29) is 12.0 Å². The van der Waals surface area contributed by atoms with E-state index in [1.807, 2.05) is 42.5 Å². The number of ether oxygens (including phenoxy) is 2. The van der Waals surface area contributed by atoms with Crippen LogP contribution in [0.25, 0.3) is 0 Å². The average Bonchev–Trinajstić information content (AvgIpc) is 2.77. The van der Waals surface area contributed by atoms with E-state index in [9.17, 15) is 9.59 Å². The summed E-state index contributed by atoms with van der Waals surface area (Å²) in [4.78, 5) is 25.7. The van der Waals surface area contributed by atoms with Gasteiger partial charge in [-0.25, -0.2) is 10.2 Å². The molecule has 29 heavy (non-hydrogen) atoms. The zero-order valence-electron chi connectivity index (χ0n) is 16.5. The van der Waals surface area contributed by atoms with Crippen LogP contribution in [-0.2, 0) is 11.3 Å². The van der Waals surface area contributed by atoms with Crippen LogP contribution >= 0.6 is 0 Å². The fourth-order valence-electron chi connectivity index (χ4n) is 2.90. The van der Waals surface area contributed by atoms with Crippen LogP contribution in [0.4, 0.5) is 4.79 Å². The van der Waals surface area contributed by atoms with E-state index in [0.29, 0.717) is 44.7 Å². The summed E-state index contributed by atoms with van der Waals surface area (Å²) < 4.78 is 10.7. The van der Waals surface area contributed by atoms with Gasteiger partial charge in [-0.15, -0.1) is 0 Å². The van der Waals surface area contributed by atoms with E-state index in [1.54, 1.807) is 24.0 Å². The predicted octanol–water partition coefficient (Wildman–Crippen LogP) is 3.60. The number of hydrazone groups is 1. The molecule has 0 aliphatic carbocycles. The predicted molar refractivity (Wildman–Crippen MR) is 110 cm³/mol. The molecule has 1 aliphatic rings. The lowest BCUT2D eigenvalue weighted by Gasteiger charge is -2.26. The maximum absolute atomic E-state index is 12.3. The summed E-state index contributed by atoms with van der Waals surface area (Å²) in [6.07, 6.45) is 0.941. The van der Waals surface area contributed by atoms with Crippen molar-refractivity contribution in [1.29, 1.82) is 0 Å². The number of para-hydroxylation sites is 1. The summed E-state index contributed by atoms with van der Waals surface area (Å²) in [6, 6.07) is 16.8. The zero-order valence-corrected chi connectivity index (χ0v) is 16.5. The lowest BCUT2D eigenvalue weighted by molar-refractivity contribution is 0.0951. The molecular weight excluding hydrogens is 370 g/mol. The Bertz CT molecular complexity index is 840. The number of hydrogen-bond acceptors (Lipinski definition) is 5. The number of carbonyl (C=O) groups excluding carboxylic acids is 2. The molecule has 2 amide bonds. The van der Waals surface area contributed by atoms with Gasteiger partial charge in [0.2, 0.25) is 0 Å². The van der Waals surface area contributed by atoms with E-state index in [1.165, 1.54) is 0 Å². The Morgan fingerprint density at radius 2 is 1.72 bits per heavy atom. The van der Waals surface area contributed by atoms with Gasteiger partial charge in [0.05, 0.1) is 6.61 Å². The van der Waals surface area contributed by atoms with Crippen molar-refractivity contribution in [3.05, 3.63) is 65.7 Å². The highest BCUT2D eigenvalue weighted by atomic mass is 16.6. The molecule has 152 valence electrons. The highest BCUT2D eigenvalue weighted by Gasteiger charge is 2.20. The Morgan fingerprint density at radius 3 is 2.38 bits per heavy atom. The minimum atomic E-state index is -0.299. The minimum absolute atomic E-state index is 0.263. The van der Waals surface area contributed by atoms with E-state index in [4.69, 9.17) is 9.47 Å². The maximum atomic E-state index is 12.3. The van der Waals surface area contributed by atoms with Gasteiger partial charge in [0.15, 0.2) is 0 Å².